The van der Waals surface area contributed by atoms with Gasteiger partial charge in [0.25, 0.3) is 0 Å². The van der Waals surface area contributed by atoms with Gasteiger partial charge in [-0.3, -0.25) is 9.69 Å². The summed E-state index contributed by atoms with van der Waals surface area (Å²) in [5.74, 6) is 0.419. The average Bonchev–Trinajstić information content (AvgIpc) is 3.13. The molecule has 1 atom stereocenters. The van der Waals surface area contributed by atoms with Gasteiger partial charge in [0.2, 0.25) is 5.91 Å². The van der Waals surface area contributed by atoms with E-state index in [2.05, 4.69) is 15.9 Å². The number of cyclic esters (lactones) is 1. The fraction of sp³-hybridized carbons (Fsp3) is 0.273. The van der Waals surface area contributed by atoms with E-state index in [0.29, 0.717) is 39.8 Å². The van der Waals surface area contributed by atoms with Gasteiger partial charge in [-0.15, -0.1) is 0 Å². The van der Waals surface area contributed by atoms with Crippen molar-refractivity contribution in [1.29, 1.82) is 0 Å². The lowest BCUT2D eigenvalue weighted by molar-refractivity contribution is -0.136. The van der Waals surface area contributed by atoms with Gasteiger partial charge in [-0.25, -0.2) is 4.79 Å². The number of carbonyl (C=O) groups is 2. The number of anilines is 1. The summed E-state index contributed by atoms with van der Waals surface area (Å²) in [6.45, 7) is 0.0402. The van der Waals surface area contributed by atoms with E-state index in [4.69, 9.17) is 18.9 Å². The SMILES string of the molecule is COc1cc(OC)c([C@H]2CC(=O)N(c3cccc(Br)c3)C3=C2C(=O)OC3)cc1OC. The summed E-state index contributed by atoms with van der Waals surface area (Å²) >= 11 is 3.44. The molecule has 0 spiro atoms. The van der Waals surface area contributed by atoms with Crippen molar-refractivity contribution in [2.24, 2.45) is 0 Å². The number of hydrogen-bond acceptors (Lipinski definition) is 6. The number of amides is 1. The van der Waals surface area contributed by atoms with E-state index in [1.165, 1.54) is 21.3 Å². The Kier molecular flexibility index (Phi) is 5.42. The molecule has 2 aliphatic rings. The van der Waals surface area contributed by atoms with E-state index >= 15 is 0 Å². The molecule has 0 saturated heterocycles. The number of rotatable bonds is 5. The quantitative estimate of drug-likeness (QED) is 0.614. The van der Waals surface area contributed by atoms with Crippen LogP contribution in [-0.2, 0) is 14.3 Å². The summed E-state index contributed by atoms with van der Waals surface area (Å²) in [5.41, 5.74) is 2.36. The zero-order valence-electron chi connectivity index (χ0n) is 16.7. The number of benzene rings is 2. The van der Waals surface area contributed by atoms with Crippen molar-refractivity contribution in [3.8, 4) is 17.2 Å². The Balaban J connectivity index is 1.87. The number of hydrogen-bond donors (Lipinski definition) is 0. The van der Waals surface area contributed by atoms with Crippen LogP contribution in [0.15, 0.2) is 52.1 Å². The Morgan fingerprint density at radius 1 is 1.00 bits per heavy atom. The zero-order valence-corrected chi connectivity index (χ0v) is 18.3. The van der Waals surface area contributed by atoms with Gasteiger partial charge in [0.05, 0.1) is 32.6 Å². The Morgan fingerprint density at radius 2 is 1.70 bits per heavy atom. The molecule has 7 nitrogen and oxygen atoms in total. The smallest absolute Gasteiger partial charge is 0.336 e. The fourth-order valence-corrected chi connectivity index (χ4v) is 4.35. The topological polar surface area (TPSA) is 74.3 Å². The van der Waals surface area contributed by atoms with Crippen LogP contribution in [0.1, 0.15) is 17.9 Å². The molecule has 2 heterocycles. The molecule has 0 bridgehead atoms. The predicted molar refractivity (Wildman–Crippen MR) is 113 cm³/mol. The van der Waals surface area contributed by atoms with Crippen LogP contribution >= 0.6 is 15.9 Å². The molecule has 0 unspecified atom stereocenters. The van der Waals surface area contributed by atoms with Crippen LogP contribution in [0.2, 0.25) is 0 Å². The Bertz CT molecular complexity index is 1060. The average molecular weight is 474 g/mol. The van der Waals surface area contributed by atoms with Crippen molar-refractivity contribution < 1.29 is 28.5 Å². The standard InChI is InChI=1S/C22H20BrNO6/c1-27-17-10-19(29-3)18(28-2)8-14(17)15-9-20(25)24(13-6-4-5-12(23)7-13)16-11-30-22(26)21(15)16/h4-8,10,15H,9,11H2,1-3H3/t15-/m1/s1. The summed E-state index contributed by atoms with van der Waals surface area (Å²) in [5, 5.41) is 0. The maximum Gasteiger partial charge on any atom is 0.336 e. The molecule has 0 N–H and O–H groups in total. The highest BCUT2D eigenvalue weighted by atomic mass is 79.9. The van der Waals surface area contributed by atoms with Gasteiger partial charge in [0, 0.05) is 34.1 Å². The third-order valence-electron chi connectivity index (χ3n) is 5.30. The molecule has 4 rings (SSSR count). The third kappa shape index (κ3) is 3.31. The maximum atomic E-state index is 13.2. The predicted octanol–water partition coefficient (Wildman–Crippen LogP) is 3.81. The molecule has 8 heteroatoms. The number of esters is 1. The van der Waals surface area contributed by atoms with E-state index in [-0.39, 0.29) is 18.9 Å². The number of nitrogens with zero attached hydrogens (tertiary/aromatic N) is 1. The minimum Gasteiger partial charge on any atom is -0.496 e. The van der Waals surface area contributed by atoms with Crippen molar-refractivity contribution in [1.82, 2.24) is 0 Å². The Hall–Kier alpha value is -3.00. The van der Waals surface area contributed by atoms with E-state index in [1.807, 2.05) is 24.3 Å². The molecular formula is C22H20BrNO6. The first-order chi connectivity index (χ1) is 14.5. The lowest BCUT2D eigenvalue weighted by atomic mass is 9.83. The van der Waals surface area contributed by atoms with Crippen LogP contribution in [0.25, 0.3) is 0 Å². The molecule has 0 aliphatic carbocycles. The zero-order chi connectivity index (χ0) is 21.4. The first kappa shape index (κ1) is 20.3. The molecule has 30 heavy (non-hydrogen) atoms. The molecule has 0 fully saturated rings. The molecule has 0 saturated carbocycles. The van der Waals surface area contributed by atoms with Crippen LogP contribution < -0.4 is 19.1 Å². The Morgan fingerprint density at radius 3 is 2.37 bits per heavy atom. The molecule has 2 aliphatic heterocycles. The third-order valence-corrected chi connectivity index (χ3v) is 5.79. The Labute approximate surface area is 182 Å². The molecule has 0 aromatic heterocycles. The van der Waals surface area contributed by atoms with E-state index in [9.17, 15) is 9.59 Å². The highest BCUT2D eigenvalue weighted by Gasteiger charge is 2.44. The summed E-state index contributed by atoms with van der Waals surface area (Å²) in [4.78, 5) is 27.5. The van der Waals surface area contributed by atoms with Crippen LogP contribution in [0.3, 0.4) is 0 Å². The molecular weight excluding hydrogens is 454 g/mol. The van der Waals surface area contributed by atoms with Crippen molar-refractivity contribution in [3.63, 3.8) is 0 Å². The molecule has 2 aromatic rings. The van der Waals surface area contributed by atoms with Gasteiger partial charge in [0.1, 0.15) is 12.4 Å². The normalized spacial score (nSPS) is 18.3. The van der Waals surface area contributed by atoms with Gasteiger partial charge in [-0.1, -0.05) is 22.0 Å². The fourth-order valence-electron chi connectivity index (χ4n) is 3.96. The maximum absolute atomic E-state index is 13.2. The van der Waals surface area contributed by atoms with Gasteiger partial charge >= 0.3 is 5.97 Å². The molecule has 0 radical (unpaired) electrons. The van der Waals surface area contributed by atoms with Crippen molar-refractivity contribution in [2.75, 3.05) is 32.8 Å². The van der Waals surface area contributed by atoms with Crippen molar-refractivity contribution in [2.45, 2.75) is 12.3 Å². The van der Waals surface area contributed by atoms with Crippen molar-refractivity contribution >= 4 is 33.5 Å². The number of ether oxygens (including phenoxy) is 4. The number of methoxy groups -OCH3 is 3. The van der Waals surface area contributed by atoms with Gasteiger partial charge < -0.3 is 18.9 Å². The number of carbonyl (C=O) groups excluding carboxylic acids is 2. The minimum absolute atomic E-state index is 0.0402. The first-order valence-electron chi connectivity index (χ1n) is 9.27. The second-order valence-electron chi connectivity index (χ2n) is 6.85. The second kappa shape index (κ2) is 8.02. The second-order valence-corrected chi connectivity index (χ2v) is 7.77. The summed E-state index contributed by atoms with van der Waals surface area (Å²) < 4.78 is 22.5. The monoisotopic (exact) mass is 473 g/mol. The molecule has 156 valence electrons. The lowest BCUT2D eigenvalue weighted by Gasteiger charge is -2.32. The van der Waals surface area contributed by atoms with Crippen molar-refractivity contribution in [3.05, 3.63) is 57.7 Å². The van der Waals surface area contributed by atoms with E-state index in [0.717, 1.165) is 4.47 Å². The largest absolute Gasteiger partial charge is 0.496 e. The highest BCUT2D eigenvalue weighted by molar-refractivity contribution is 9.10. The first-order valence-corrected chi connectivity index (χ1v) is 10.1. The van der Waals surface area contributed by atoms with Crippen LogP contribution in [-0.4, -0.2) is 39.8 Å². The highest BCUT2D eigenvalue weighted by Crippen LogP contribution is 2.47. The van der Waals surface area contributed by atoms with Crippen LogP contribution in [0.4, 0.5) is 5.69 Å². The van der Waals surface area contributed by atoms with E-state index < -0.39 is 11.9 Å². The molecule has 2 aromatic carbocycles. The van der Waals surface area contributed by atoms with Gasteiger partial charge in [-0.05, 0) is 24.3 Å². The van der Waals surface area contributed by atoms with E-state index in [1.54, 1.807) is 17.0 Å². The van der Waals surface area contributed by atoms with Crippen LogP contribution in [0.5, 0.6) is 17.2 Å². The van der Waals surface area contributed by atoms with Gasteiger partial charge in [-0.2, -0.15) is 0 Å². The lowest BCUT2D eigenvalue weighted by Crippen LogP contribution is -2.37. The summed E-state index contributed by atoms with van der Waals surface area (Å²) in [6.07, 6.45) is 0.0896. The summed E-state index contributed by atoms with van der Waals surface area (Å²) in [6, 6.07) is 10.8. The summed E-state index contributed by atoms with van der Waals surface area (Å²) in [7, 11) is 4.60. The van der Waals surface area contributed by atoms with Crippen LogP contribution in [0, 0.1) is 0 Å². The van der Waals surface area contributed by atoms with Gasteiger partial charge in [0.15, 0.2) is 11.5 Å². The number of halogens is 1. The molecule has 1 amide bonds. The minimum atomic E-state index is -0.513.